The number of halogens is 1. The summed E-state index contributed by atoms with van der Waals surface area (Å²) in [6, 6.07) is 16.2. The minimum atomic E-state index is -0.738. The summed E-state index contributed by atoms with van der Waals surface area (Å²) in [7, 11) is 0. The zero-order valence-electron chi connectivity index (χ0n) is 12.6. The molecule has 3 rings (SSSR count). The summed E-state index contributed by atoms with van der Waals surface area (Å²) in [4.78, 5) is 28.5. The summed E-state index contributed by atoms with van der Waals surface area (Å²) in [6.45, 7) is 0.515. The van der Waals surface area contributed by atoms with Gasteiger partial charge in [-0.05, 0) is 29.8 Å². The molecule has 0 saturated heterocycles. The predicted octanol–water partition coefficient (Wildman–Crippen LogP) is 3.41. The Morgan fingerprint density at radius 3 is 2.54 bits per heavy atom. The minimum absolute atomic E-state index is 0.277. The predicted molar refractivity (Wildman–Crippen MR) is 92.2 cm³/mol. The SMILES string of the molecule is O=C(Nc1ccc(Cl)cn1)C(=O)c1cccn1Cc1ccccc1. The van der Waals surface area contributed by atoms with Gasteiger partial charge in [-0.3, -0.25) is 9.59 Å². The highest BCUT2D eigenvalue weighted by atomic mass is 35.5. The fourth-order valence-electron chi connectivity index (χ4n) is 2.28. The first kappa shape index (κ1) is 16.0. The molecule has 0 aliphatic heterocycles. The van der Waals surface area contributed by atoms with Crippen molar-refractivity contribution in [3.05, 3.63) is 83.3 Å². The highest BCUT2D eigenvalue weighted by Gasteiger charge is 2.20. The fraction of sp³-hybridized carbons (Fsp3) is 0.0556. The smallest absolute Gasteiger partial charge is 0.299 e. The third-order valence-corrected chi connectivity index (χ3v) is 3.66. The number of nitrogens with one attached hydrogen (secondary N) is 1. The summed E-state index contributed by atoms with van der Waals surface area (Å²) in [5, 5.41) is 2.93. The summed E-state index contributed by atoms with van der Waals surface area (Å²) < 4.78 is 1.74. The molecular weight excluding hydrogens is 326 g/mol. The van der Waals surface area contributed by atoms with Gasteiger partial charge in [-0.2, -0.15) is 0 Å². The molecule has 3 aromatic rings. The molecule has 0 aliphatic carbocycles. The van der Waals surface area contributed by atoms with E-state index >= 15 is 0 Å². The first-order valence-electron chi connectivity index (χ1n) is 7.30. The van der Waals surface area contributed by atoms with Crippen LogP contribution in [0.5, 0.6) is 0 Å². The van der Waals surface area contributed by atoms with Crippen LogP contribution in [0.3, 0.4) is 0 Å². The summed E-state index contributed by atoms with van der Waals surface area (Å²) in [6.07, 6.45) is 3.17. The number of amides is 1. The third-order valence-electron chi connectivity index (χ3n) is 3.43. The van der Waals surface area contributed by atoms with Crippen molar-refractivity contribution in [2.45, 2.75) is 6.54 Å². The molecule has 24 heavy (non-hydrogen) atoms. The maximum Gasteiger partial charge on any atom is 0.299 e. The number of anilines is 1. The van der Waals surface area contributed by atoms with Crippen molar-refractivity contribution in [3.63, 3.8) is 0 Å². The number of nitrogens with zero attached hydrogens (tertiary/aromatic N) is 2. The monoisotopic (exact) mass is 339 g/mol. The zero-order chi connectivity index (χ0) is 16.9. The van der Waals surface area contributed by atoms with Crippen LogP contribution in [-0.2, 0) is 11.3 Å². The Labute approximate surface area is 143 Å². The van der Waals surface area contributed by atoms with E-state index in [2.05, 4.69) is 10.3 Å². The largest absolute Gasteiger partial charge is 0.340 e. The van der Waals surface area contributed by atoms with Gasteiger partial charge in [0.1, 0.15) is 5.82 Å². The van der Waals surface area contributed by atoms with Crippen LogP contribution in [0.25, 0.3) is 0 Å². The number of aromatic nitrogens is 2. The van der Waals surface area contributed by atoms with E-state index in [0.717, 1.165) is 5.56 Å². The first-order valence-corrected chi connectivity index (χ1v) is 7.67. The quantitative estimate of drug-likeness (QED) is 0.572. The maximum atomic E-state index is 12.4. The molecule has 0 fully saturated rings. The van der Waals surface area contributed by atoms with Crippen LogP contribution in [-0.4, -0.2) is 21.2 Å². The van der Waals surface area contributed by atoms with Crippen molar-refractivity contribution in [3.8, 4) is 0 Å². The molecule has 2 aromatic heterocycles. The van der Waals surface area contributed by atoms with Gasteiger partial charge in [-0.15, -0.1) is 0 Å². The molecule has 0 unspecified atom stereocenters. The van der Waals surface area contributed by atoms with E-state index < -0.39 is 11.7 Å². The molecule has 1 amide bonds. The van der Waals surface area contributed by atoms with Crippen LogP contribution in [0.2, 0.25) is 5.02 Å². The normalized spacial score (nSPS) is 10.4. The van der Waals surface area contributed by atoms with E-state index in [9.17, 15) is 9.59 Å². The van der Waals surface area contributed by atoms with E-state index in [0.29, 0.717) is 17.3 Å². The van der Waals surface area contributed by atoms with Crippen LogP contribution < -0.4 is 5.32 Å². The molecule has 6 heteroatoms. The number of rotatable bonds is 5. The number of benzene rings is 1. The lowest BCUT2D eigenvalue weighted by Gasteiger charge is -2.09. The molecule has 1 aromatic carbocycles. The van der Waals surface area contributed by atoms with Gasteiger partial charge in [-0.1, -0.05) is 41.9 Å². The molecule has 1 N–H and O–H groups in total. The average Bonchev–Trinajstić information content (AvgIpc) is 3.05. The molecule has 120 valence electrons. The van der Waals surface area contributed by atoms with Crippen molar-refractivity contribution in [1.29, 1.82) is 0 Å². The Hall–Kier alpha value is -2.92. The first-order chi connectivity index (χ1) is 11.6. The van der Waals surface area contributed by atoms with Crippen molar-refractivity contribution in [2.75, 3.05) is 5.32 Å². The Morgan fingerprint density at radius 1 is 1.04 bits per heavy atom. The van der Waals surface area contributed by atoms with Crippen molar-refractivity contribution < 1.29 is 9.59 Å². The van der Waals surface area contributed by atoms with Gasteiger partial charge in [0.2, 0.25) is 0 Å². The number of hydrogen-bond acceptors (Lipinski definition) is 3. The van der Waals surface area contributed by atoms with Crippen LogP contribution in [0, 0.1) is 0 Å². The molecule has 2 heterocycles. The van der Waals surface area contributed by atoms with Gasteiger partial charge in [0, 0.05) is 18.9 Å². The van der Waals surface area contributed by atoms with E-state index in [1.165, 1.54) is 12.3 Å². The lowest BCUT2D eigenvalue weighted by atomic mass is 10.2. The van der Waals surface area contributed by atoms with Gasteiger partial charge in [0.25, 0.3) is 11.7 Å². The molecule has 0 radical (unpaired) electrons. The number of pyridine rings is 1. The van der Waals surface area contributed by atoms with Crippen molar-refractivity contribution in [2.24, 2.45) is 0 Å². The van der Waals surface area contributed by atoms with Gasteiger partial charge < -0.3 is 9.88 Å². The number of carbonyl (C=O) groups is 2. The highest BCUT2D eigenvalue weighted by molar-refractivity contribution is 6.46. The summed E-state index contributed by atoms with van der Waals surface area (Å²) in [5.41, 5.74) is 1.37. The van der Waals surface area contributed by atoms with Gasteiger partial charge in [0.15, 0.2) is 0 Å². The van der Waals surface area contributed by atoms with E-state index in [-0.39, 0.29) is 5.82 Å². The third kappa shape index (κ3) is 3.70. The van der Waals surface area contributed by atoms with Crippen LogP contribution in [0.15, 0.2) is 67.0 Å². The van der Waals surface area contributed by atoms with Gasteiger partial charge in [-0.25, -0.2) is 4.98 Å². The van der Waals surface area contributed by atoms with Crippen molar-refractivity contribution >= 4 is 29.1 Å². The Morgan fingerprint density at radius 2 is 1.83 bits per heavy atom. The topological polar surface area (TPSA) is 64.0 Å². The lowest BCUT2D eigenvalue weighted by Crippen LogP contribution is -2.25. The standard InChI is InChI=1S/C18H14ClN3O2/c19-14-8-9-16(20-11-14)21-18(24)17(23)15-7-4-10-22(15)12-13-5-2-1-3-6-13/h1-11H,12H2,(H,20,21,24). The highest BCUT2D eigenvalue weighted by Crippen LogP contribution is 2.12. The Balaban J connectivity index is 1.74. The Kier molecular flexibility index (Phi) is 4.72. The van der Waals surface area contributed by atoms with Crippen molar-refractivity contribution in [1.82, 2.24) is 9.55 Å². The number of Topliss-reactive ketones (excluding diaryl/α,β-unsaturated/α-hetero) is 1. The van der Waals surface area contributed by atoms with Crippen LogP contribution in [0.1, 0.15) is 16.1 Å². The molecular formula is C18H14ClN3O2. The Bertz CT molecular complexity index is 857. The molecule has 0 bridgehead atoms. The van der Waals surface area contributed by atoms with Gasteiger partial charge in [0.05, 0.1) is 10.7 Å². The molecule has 0 spiro atoms. The minimum Gasteiger partial charge on any atom is -0.340 e. The molecule has 5 nitrogen and oxygen atoms in total. The van der Waals surface area contributed by atoms with Crippen LogP contribution >= 0.6 is 11.6 Å². The second-order valence-electron chi connectivity index (χ2n) is 5.15. The molecule has 0 aliphatic rings. The maximum absolute atomic E-state index is 12.4. The van der Waals surface area contributed by atoms with E-state index in [1.54, 1.807) is 29.0 Å². The number of hydrogen-bond donors (Lipinski definition) is 1. The number of ketones is 1. The summed E-state index contributed by atoms with van der Waals surface area (Å²) >= 11 is 5.74. The molecule has 0 atom stereocenters. The van der Waals surface area contributed by atoms with Crippen LogP contribution in [0.4, 0.5) is 5.82 Å². The van der Waals surface area contributed by atoms with E-state index in [4.69, 9.17) is 11.6 Å². The van der Waals surface area contributed by atoms with E-state index in [1.807, 2.05) is 30.3 Å². The second kappa shape index (κ2) is 7.10. The lowest BCUT2D eigenvalue weighted by molar-refractivity contribution is -0.112. The average molecular weight is 340 g/mol. The van der Waals surface area contributed by atoms with Gasteiger partial charge >= 0.3 is 0 Å². The number of carbonyl (C=O) groups excluding carboxylic acids is 2. The zero-order valence-corrected chi connectivity index (χ0v) is 13.4. The second-order valence-corrected chi connectivity index (χ2v) is 5.59. The fourth-order valence-corrected chi connectivity index (χ4v) is 2.39. The molecule has 0 saturated carbocycles. The summed E-state index contributed by atoms with van der Waals surface area (Å²) in [5.74, 6) is -1.08.